The molecule has 0 atom stereocenters. The van der Waals surface area contributed by atoms with E-state index in [0.717, 1.165) is 17.3 Å². The molecule has 2 rings (SSSR count). The van der Waals surface area contributed by atoms with Gasteiger partial charge in [0, 0.05) is 18.2 Å². The Morgan fingerprint density at radius 3 is 2.45 bits per heavy atom. The van der Waals surface area contributed by atoms with Crippen LogP contribution >= 0.6 is 11.8 Å². The molecular weight excluding hydrogens is 304 g/mol. The van der Waals surface area contributed by atoms with Gasteiger partial charge in [-0.15, -0.1) is 10.2 Å². The number of amides is 1. The number of carboxylic acid groups (broad SMARTS) is 1. The molecule has 0 aliphatic heterocycles. The van der Waals surface area contributed by atoms with Crippen molar-refractivity contribution in [2.24, 2.45) is 0 Å². The molecule has 1 heterocycles. The number of thioether (sulfide) groups is 1. The number of anilines is 1. The van der Waals surface area contributed by atoms with Gasteiger partial charge in [-0.05, 0) is 19.1 Å². The highest BCUT2D eigenvalue weighted by atomic mass is 32.2. The van der Waals surface area contributed by atoms with Crippen LogP contribution in [0.15, 0.2) is 29.4 Å². The molecule has 0 unspecified atom stereocenters. The molecule has 0 bridgehead atoms. The Bertz CT molecular complexity index is 704. The van der Waals surface area contributed by atoms with E-state index in [9.17, 15) is 9.59 Å². The summed E-state index contributed by atoms with van der Waals surface area (Å²) >= 11 is 1.02. The van der Waals surface area contributed by atoms with E-state index in [1.165, 1.54) is 6.92 Å². The molecule has 7 nitrogen and oxygen atoms in total. The highest BCUT2D eigenvalue weighted by Gasteiger charge is 2.10. The molecule has 0 aliphatic rings. The van der Waals surface area contributed by atoms with E-state index in [2.05, 4.69) is 20.5 Å². The van der Waals surface area contributed by atoms with Crippen molar-refractivity contribution in [3.05, 3.63) is 30.0 Å². The number of benzene rings is 1. The van der Waals surface area contributed by atoms with Gasteiger partial charge in [0.25, 0.3) is 0 Å². The zero-order valence-corrected chi connectivity index (χ0v) is 12.8. The molecule has 1 amide bonds. The molecule has 1 aromatic carbocycles. The fraction of sp³-hybridized carbons (Fsp3) is 0.214. The quantitative estimate of drug-likeness (QED) is 0.812. The van der Waals surface area contributed by atoms with Crippen molar-refractivity contribution >= 4 is 29.3 Å². The number of aryl methyl sites for hydroxylation is 1. The van der Waals surface area contributed by atoms with Crippen molar-refractivity contribution in [2.75, 3.05) is 11.1 Å². The van der Waals surface area contributed by atoms with E-state index in [1.54, 1.807) is 19.1 Å². The molecule has 2 N–H and O–H groups in total. The number of aliphatic carboxylic acids is 1. The van der Waals surface area contributed by atoms with Gasteiger partial charge in [-0.2, -0.15) is 0 Å². The lowest BCUT2D eigenvalue weighted by molar-refractivity contribution is -0.133. The summed E-state index contributed by atoms with van der Waals surface area (Å²) in [5.41, 5.74) is 2.80. The molecule has 22 heavy (non-hydrogen) atoms. The number of carbonyl (C=O) groups is 2. The minimum absolute atomic E-state index is 0.105. The fourth-order valence-electron chi connectivity index (χ4n) is 1.75. The van der Waals surface area contributed by atoms with Crippen molar-refractivity contribution in [3.8, 4) is 11.3 Å². The summed E-state index contributed by atoms with van der Waals surface area (Å²) in [5.74, 6) is -1.17. The maximum atomic E-state index is 11.0. The Hall–Kier alpha value is -2.48. The number of hydrogen-bond acceptors (Lipinski definition) is 6. The van der Waals surface area contributed by atoms with Gasteiger partial charge < -0.3 is 10.4 Å². The van der Waals surface area contributed by atoms with E-state index < -0.39 is 5.97 Å². The average Bonchev–Trinajstić information content (AvgIpc) is 2.46. The molecule has 0 radical (unpaired) electrons. The fourth-order valence-corrected chi connectivity index (χ4v) is 2.31. The molecule has 114 valence electrons. The third kappa shape index (κ3) is 4.26. The minimum atomic E-state index is -0.927. The van der Waals surface area contributed by atoms with E-state index in [1.807, 2.05) is 12.1 Å². The maximum Gasteiger partial charge on any atom is 0.313 e. The monoisotopic (exact) mass is 318 g/mol. The molecule has 0 saturated heterocycles. The summed E-state index contributed by atoms with van der Waals surface area (Å²) in [6, 6.07) is 7.16. The summed E-state index contributed by atoms with van der Waals surface area (Å²) in [6.45, 7) is 3.23. The smallest absolute Gasteiger partial charge is 0.313 e. The molecule has 8 heteroatoms. The zero-order chi connectivity index (χ0) is 16.1. The lowest BCUT2D eigenvalue weighted by Crippen LogP contribution is -2.05. The van der Waals surface area contributed by atoms with Crippen LogP contribution in [0.3, 0.4) is 0 Å². The number of aromatic nitrogens is 3. The third-order valence-corrected chi connectivity index (χ3v) is 3.47. The molecule has 2 aromatic rings. The van der Waals surface area contributed by atoms with Crippen LogP contribution in [-0.2, 0) is 9.59 Å². The number of hydrogen-bond donors (Lipinski definition) is 2. The number of carboxylic acids is 1. The first-order valence-electron chi connectivity index (χ1n) is 6.39. The van der Waals surface area contributed by atoms with Crippen LogP contribution in [-0.4, -0.2) is 37.9 Å². The van der Waals surface area contributed by atoms with Crippen LogP contribution in [0.1, 0.15) is 12.6 Å². The zero-order valence-electron chi connectivity index (χ0n) is 12.0. The molecule has 0 spiro atoms. The van der Waals surface area contributed by atoms with Gasteiger partial charge in [-0.3, -0.25) is 9.59 Å². The number of nitrogens with zero attached hydrogens (tertiary/aromatic N) is 3. The van der Waals surface area contributed by atoms with Gasteiger partial charge in [-0.25, -0.2) is 4.98 Å². The number of nitrogens with one attached hydrogen (secondary N) is 1. The maximum absolute atomic E-state index is 11.0. The predicted octanol–water partition coefficient (Wildman–Crippen LogP) is 1.98. The van der Waals surface area contributed by atoms with Crippen molar-refractivity contribution in [2.45, 2.75) is 19.0 Å². The molecule has 1 aromatic heterocycles. The Morgan fingerprint density at radius 1 is 1.23 bits per heavy atom. The van der Waals surface area contributed by atoms with Crippen LogP contribution in [0.25, 0.3) is 11.3 Å². The van der Waals surface area contributed by atoms with Crippen LogP contribution < -0.4 is 5.32 Å². The Balaban J connectivity index is 2.18. The third-order valence-electron chi connectivity index (χ3n) is 2.65. The number of rotatable bonds is 5. The van der Waals surface area contributed by atoms with Gasteiger partial charge in [-0.1, -0.05) is 23.9 Å². The summed E-state index contributed by atoms with van der Waals surface area (Å²) in [6.07, 6.45) is 0. The van der Waals surface area contributed by atoms with Gasteiger partial charge in [0.1, 0.15) is 5.69 Å². The van der Waals surface area contributed by atoms with Crippen molar-refractivity contribution in [1.29, 1.82) is 0 Å². The highest BCUT2D eigenvalue weighted by Crippen LogP contribution is 2.23. The molecule has 0 saturated carbocycles. The lowest BCUT2D eigenvalue weighted by Gasteiger charge is -2.06. The second-order valence-corrected chi connectivity index (χ2v) is 5.41. The normalized spacial score (nSPS) is 10.3. The molecular formula is C14H14N4O3S. The standard InChI is InChI=1S/C14H14N4O3S/c1-8-13(17-18-14(15-8)22-7-12(20)21)10-3-5-11(6-4-10)16-9(2)19/h3-6H,7H2,1-2H3,(H,16,19)(H,20,21). The molecule has 0 fully saturated rings. The second kappa shape index (κ2) is 6.99. The van der Waals surface area contributed by atoms with E-state index in [4.69, 9.17) is 5.11 Å². The highest BCUT2D eigenvalue weighted by molar-refractivity contribution is 7.99. The average molecular weight is 318 g/mol. The summed E-state index contributed by atoms with van der Waals surface area (Å²) in [7, 11) is 0. The Morgan fingerprint density at radius 2 is 1.91 bits per heavy atom. The van der Waals surface area contributed by atoms with Crippen LogP contribution in [0.4, 0.5) is 5.69 Å². The number of carbonyl (C=O) groups excluding carboxylic acids is 1. The Labute approximate surface area is 131 Å². The van der Waals surface area contributed by atoms with Crippen molar-refractivity contribution in [3.63, 3.8) is 0 Å². The van der Waals surface area contributed by atoms with Crippen molar-refractivity contribution in [1.82, 2.24) is 15.2 Å². The van der Waals surface area contributed by atoms with Gasteiger partial charge >= 0.3 is 5.97 Å². The topological polar surface area (TPSA) is 105 Å². The van der Waals surface area contributed by atoms with Gasteiger partial charge in [0.15, 0.2) is 0 Å². The Kier molecular flexibility index (Phi) is 5.05. The summed E-state index contributed by atoms with van der Waals surface area (Å²) in [5, 5.41) is 19.7. The lowest BCUT2D eigenvalue weighted by atomic mass is 10.1. The van der Waals surface area contributed by atoms with Gasteiger partial charge in [0.05, 0.1) is 11.4 Å². The van der Waals surface area contributed by atoms with Crippen LogP contribution in [0, 0.1) is 6.92 Å². The largest absolute Gasteiger partial charge is 0.481 e. The molecule has 0 aliphatic carbocycles. The minimum Gasteiger partial charge on any atom is -0.481 e. The van der Waals surface area contributed by atoms with Crippen LogP contribution in [0.5, 0.6) is 0 Å². The van der Waals surface area contributed by atoms with E-state index in [-0.39, 0.29) is 11.7 Å². The van der Waals surface area contributed by atoms with E-state index in [0.29, 0.717) is 22.2 Å². The predicted molar refractivity (Wildman–Crippen MR) is 82.7 cm³/mol. The van der Waals surface area contributed by atoms with E-state index >= 15 is 0 Å². The first-order chi connectivity index (χ1) is 10.5. The first kappa shape index (κ1) is 15.9. The first-order valence-corrected chi connectivity index (χ1v) is 7.38. The summed E-state index contributed by atoms with van der Waals surface area (Å²) < 4.78 is 0. The SMILES string of the molecule is CC(=O)Nc1ccc(-c2nnc(SCC(=O)O)nc2C)cc1. The summed E-state index contributed by atoms with van der Waals surface area (Å²) in [4.78, 5) is 25.8. The van der Waals surface area contributed by atoms with Crippen molar-refractivity contribution < 1.29 is 14.7 Å². The van der Waals surface area contributed by atoms with Crippen LogP contribution in [0.2, 0.25) is 0 Å². The second-order valence-electron chi connectivity index (χ2n) is 4.47. The van der Waals surface area contributed by atoms with Gasteiger partial charge in [0.2, 0.25) is 11.1 Å².